The predicted octanol–water partition coefficient (Wildman–Crippen LogP) is 3.41. The Morgan fingerprint density at radius 3 is 1.09 bits per heavy atom. The van der Waals surface area contributed by atoms with Crippen molar-refractivity contribution < 1.29 is 28.4 Å². The summed E-state index contributed by atoms with van der Waals surface area (Å²) in [6.07, 6.45) is 0.764. The lowest BCUT2D eigenvalue weighted by atomic mass is 9.88. The van der Waals surface area contributed by atoms with E-state index in [-0.39, 0.29) is 25.0 Å². The van der Waals surface area contributed by atoms with E-state index in [9.17, 15) is 0 Å². The first-order chi connectivity index (χ1) is 16.2. The maximum absolute atomic E-state index is 8.23. The van der Waals surface area contributed by atoms with E-state index in [4.69, 9.17) is 45.0 Å². The first kappa shape index (κ1) is 30.7. The molecule has 15 nitrogen and oxygen atoms in total. The Morgan fingerprint density at radius 2 is 0.818 bits per heavy atom. The lowest BCUT2D eigenvalue weighted by molar-refractivity contribution is -0.0886. The molecule has 0 aliphatic heterocycles. The molecular weight excluding hydrogens is 438 g/mol. The van der Waals surface area contributed by atoms with Crippen LogP contribution < -0.4 is 0 Å². The van der Waals surface area contributed by atoms with E-state index in [1.54, 1.807) is 0 Å². The van der Waals surface area contributed by atoms with Crippen LogP contribution in [0.25, 0.3) is 31.3 Å². The van der Waals surface area contributed by atoms with Crippen LogP contribution in [0.1, 0.15) is 13.3 Å². The molecule has 0 unspecified atom stereocenters. The highest BCUT2D eigenvalue weighted by Gasteiger charge is 2.29. The zero-order chi connectivity index (χ0) is 24.3. The fourth-order valence-corrected chi connectivity index (χ4v) is 2.41. The number of hydrogen-bond acceptors (Lipinski definition) is 9. The van der Waals surface area contributed by atoms with Crippen LogP contribution in [0, 0.1) is 5.41 Å². The van der Waals surface area contributed by atoms with E-state index >= 15 is 0 Å². The summed E-state index contributed by atoms with van der Waals surface area (Å²) in [5, 5.41) is 10.2. The van der Waals surface area contributed by atoms with Crippen molar-refractivity contribution in [1.82, 2.24) is 0 Å². The topological polar surface area (TPSA) is 202 Å². The van der Waals surface area contributed by atoms with Gasteiger partial charge in [-0.2, -0.15) is 0 Å². The summed E-state index contributed by atoms with van der Waals surface area (Å²) in [5.74, 6) is 0. The lowest BCUT2D eigenvalue weighted by Gasteiger charge is -2.32. The van der Waals surface area contributed by atoms with Crippen molar-refractivity contribution in [3.05, 3.63) is 31.3 Å². The first-order valence-corrected chi connectivity index (χ1v) is 10.7. The normalized spacial score (nSPS) is 12.3. The second-order valence-electron chi connectivity index (χ2n) is 6.71. The number of ether oxygens (including phenoxy) is 6. The van der Waals surface area contributed by atoms with Crippen LogP contribution in [0.2, 0.25) is 0 Å². The van der Waals surface area contributed by atoms with E-state index in [2.05, 4.69) is 30.1 Å². The molecule has 0 aliphatic rings. The molecule has 0 aromatic heterocycles. The minimum absolute atomic E-state index is 0.285. The molecule has 15 heteroatoms. The van der Waals surface area contributed by atoms with E-state index in [1.165, 1.54) is 0 Å². The smallest absolute Gasteiger partial charge is 0.0700 e. The summed E-state index contributed by atoms with van der Waals surface area (Å²) in [5.41, 5.74) is 24.3. The Hall–Kier alpha value is -2.31. The highest BCUT2D eigenvalue weighted by molar-refractivity contribution is 4.78. The summed E-state index contributed by atoms with van der Waals surface area (Å²) in [7, 11) is 0. The molecular formula is C18H35N9O6. The van der Waals surface area contributed by atoms with Crippen molar-refractivity contribution in [2.75, 3.05) is 98.9 Å². The van der Waals surface area contributed by atoms with Crippen LogP contribution in [0.15, 0.2) is 15.3 Å². The van der Waals surface area contributed by atoms with Gasteiger partial charge < -0.3 is 28.4 Å². The SMILES string of the molecule is CCC(COCCOCCN=[N+]=[N-])(COCCOCCN=[N+]=[N-])COCCOCCN=[N+]=[N-]. The van der Waals surface area contributed by atoms with Crippen molar-refractivity contribution in [1.29, 1.82) is 0 Å². The van der Waals surface area contributed by atoms with Gasteiger partial charge in [0.05, 0.1) is 79.3 Å². The average molecular weight is 474 g/mol. The van der Waals surface area contributed by atoms with E-state index in [0.717, 1.165) is 6.42 Å². The fourth-order valence-electron chi connectivity index (χ4n) is 2.41. The zero-order valence-electron chi connectivity index (χ0n) is 19.3. The maximum atomic E-state index is 8.23. The van der Waals surface area contributed by atoms with Crippen LogP contribution >= 0.6 is 0 Å². The molecule has 0 atom stereocenters. The highest BCUT2D eigenvalue weighted by atomic mass is 16.5. The van der Waals surface area contributed by atoms with Crippen LogP contribution in [0.4, 0.5) is 0 Å². The van der Waals surface area contributed by atoms with Gasteiger partial charge in [0.15, 0.2) is 0 Å². The molecule has 0 N–H and O–H groups in total. The summed E-state index contributed by atoms with van der Waals surface area (Å²) < 4.78 is 33.4. The van der Waals surface area contributed by atoms with Crippen LogP contribution in [-0.4, -0.2) is 98.9 Å². The van der Waals surface area contributed by atoms with Gasteiger partial charge in [-0.1, -0.05) is 22.3 Å². The third-order valence-corrected chi connectivity index (χ3v) is 4.29. The standard InChI is InChI=1S/C18H35N9O6/c1-2-18(15-31-12-9-28-6-3-22-25-19,16-32-13-10-29-7-4-23-26-20)17-33-14-11-30-8-5-24-27-21/h2-17H2,1H3. The van der Waals surface area contributed by atoms with Gasteiger partial charge in [0.25, 0.3) is 0 Å². The predicted molar refractivity (Wildman–Crippen MR) is 120 cm³/mol. The van der Waals surface area contributed by atoms with Gasteiger partial charge in [0, 0.05) is 39.8 Å². The van der Waals surface area contributed by atoms with Gasteiger partial charge in [-0.25, -0.2) is 0 Å². The molecule has 33 heavy (non-hydrogen) atoms. The fraction of sp³-hybridized carbons (Fsp3) is 1.00. The third-order valence-electron chi connectivity index (χ3n) is 4.29. The van der Waals surface area contributed by atoms with Crippen molar-refractivity contribution in [3.63, 3.8) is 0 Å². The Balaban J connectivity index is 4.33. The molecule has 0 aromatic rings. The Kier molecular flexibility index (Phi) is 22.6. The molecule has 0 saturated heterocycles. The molecule has 0 rings (SSSR count). The van der Waals surface area contributed by atoms with Gasteiger partial charge in [-0.15, -0.1) is 0 Å². The van der Waals surface area contributed by atoms with E-state index in [1.807, 2.05) is 6.92 Å². The molecule has 0 saturated carbocycles. The van der Waals surface area contributed by atoms with E-state index < -0.39 is 0 Å². The van der Waals surface area contributed by atoms with Gasteiger partial charge in [0.1, 0.15) is 0 Å². The lowest BCUT2D eigenvalue weighted by Crippen LogP contribution is -2.38. The minimum Gasteiger partial charge on any atom is -0.379 e. The number of rotatable bonds is 25. The largest absolute Gasteiger partial charge is 0.379 e. The zero-order valence-corrected chi connectivity index (χ0v) is 19.3. The molecule has 0 amide bonds. The molecule has 0 radical (unpaired) electrons. The maximum Gasteiger partial charge on any atom is 0.0700 e. The Labute approximate surface area is 193 Å². The van der Waals surface area contributed by atoms with Gasteiger partial charge in [0.2, 0.25) is 0 Å². The molecule has 0 heterocycles. The molecule has 188 valence electrons. The minimum atomic E-state index is -0.360. The van der Waals surface area contributed by atoms with E-state index in [0.29, 0.717) is 79.3 Å². The second-order valence-corrected chi connectivity index (χ2v) is 6.71. The second kappa shape index (κ2) is 24.3. The van der Waals surface area contributed by atoms with Crippen molar-refractivity contribution >= 4 is 0 Å². The molecule has 0 fully saturated rings. The van der Waals surface area contributed by atoms with Crippen LogP contribution in [0.3, 0.4) is 0 Å². The Morgan fingerprint density at radius 1 is 0.515 bits per heavy atom. The summed E-state index contributed by atoms with van der Waals surface area (Å²) >= 11 is 0. The average Bonchev–Trinajstić information content (AvgIpc) is 2.83. The summed E-state index contributed by atoms with van der Waals surface area (Å²) in [6.45, 7) is 7.52. The van der Waals surface area contributed by atoms with Crippen LogP contribution in [-0.2, 0) is 28.4 Å². The summed E-state index contributed by atoms with van der Waals surface area (Å²) in [6, 6.07) is 0. The molecule has 0 aliphatic carbocycles. The van der Waals surface area contributed by atoms with Gasteiger partial charge in [-0.05, 0) is 23.0 Å². The number of azide groups is 3. The van der Waals surface area contributed by atoms with Crippen LogP contribution in [0.5, 0.6) is 0 Å². The number of nitrogens with zero attached hydrogens (tertiary/aromatic N) is 9. The van der Waals surface area contributed by atoms with Gasteiger partial charge >= 0.3 is 0 Å². The van der Waals surface area contributed by atoms with Gasteiger partial charge in [-0.3, -0.25) is 0 Å². The highest BCUT2D eigenvalue weighted by Crippen LogP contribution is 2.24. The van der Waals surface area contributed by atoms with Crippen molar-refractivity contribution in [3.8, 4) is 0 Å². The van der Waals surface area contributed by atoms with Crippen molar-refractivity contribution in [2.24, 2.45) is 20.8 Å². The monoisotopic (exact) mass is 473 g/mol. The quantitative estimate of drug-likeness (QED) is 0.0840. The third kappa shape index (κ3) is 20.1. The molecule has 0 bridgehead atoms. The molecule has 0 aromatic carbocycles. The summed E-state index contributed by atoms with van der Waals surface area (Å²) in [4.78, 5) is 7.99. The molecule has 0 spiro atoms. The number of hydrogen-bond donors (Lipinski definition) is 0. The first-order valence-electron chi connectivity index (χ1n) is 10.7. The Bertz CT molecular complexity index is 529. The van der Waals surface area contributed by atoms with Crippen molar-refractivity contribution in [2.45, 2.75) is 13.3 Å².